The van der Waals surface area contributed by atoms with E-state index in [0.717, 1.165) is 61.6 Å². The van der Waals surface area contributed by atoms with Gasteiger partial charge in [0.2, 0.25) is 0 Å². The van der Waals surface area contributed by atoms with Gasteiger partial charge in [0.1, 0.15) is 0 Å². The Kier molecular flexibility index (Phi) is 8.01. The number of pyridine rings is 1. The Bertz CT molecular complexity index is 3860. The molecule has 0 spiro atoms. The molecule has 5 aromatic heterocycles. The summed E-state index contributed by atoms with van der Waals surface area (Å²) in [5, 5.41) is 6.07. The predicted octanol–water partition coefficient (Wildman–Crippen LogP) is 15.1. The summed E-state index contributed by atoms with van der Waals surface area (Å²) in [6.45, 7) is 0. The van der Waals surface area contributed by atoms with E-state index in [2.05, 4.69) is 185 Å². The Morgan fingerprint density at radius 2 is 0.952 bits per heavy atom. The molecule has 5 nitrogen and oxygen atoms in total. The van der Waals surface area contributed by atoms with E-state index in [1.54, 1.807) is 11.3 Å². The third kappa shape index (κ3) is 5.80. The molecule has 5 heterocycles. The van der Waals surface area contributed by atoms with Crippen LogP contribution in [0.1, 0.15) is 0 Å². The van der Waals surface area contributed by atoms with Crippen molar-refractivity contribution < 1.29 is 0 Å². The minimum Gasteiger partial charge on any atom is -0.309 e. The molecule has 294 valence electrons. The Morgan fingerprint density at radius 3 is 1.76 bits per heavy atom. The van der Waals surface area contributed by atoms with Crippen LogP contribution in [0.4, 0.5) is 0 Å². The topological polar surface area (TPSA) is 48.5 Å². The molecule has 0 fully saturated rings. The molecule has 0 amide bonds. The first-order chi connectivity index (χ1) is 31.2. The van der Waals surface area contributed by atoms with Gasteiger partial charge in [0, 0.05) is 65.9 Å². The van der Waals surface area contributed by atoms with Gasteiger partial charge in [0.15, 0.2) is 5.82 Å². The van der Waals surface area contributed by atoms with Crippen molar-refractivity contribution >= 4 is 75.3 Å². The molecule has 0 aliphatic carbocycles. The van der Waals surface area contributed by atoms with E-state index in [9.17, 15) is 0 Å². The number of hydrogen-bond acceptors (Lipinski definition) is 4. The molecule has 0 radical (unpaired) electrons. The highest BCUT2D eigenvalue weighted by Crippen LogP contribution is 2.40. The Morgan fingerprint density at radius 1 is 0.333 bits per heavy atom. The second-order valence-electron chi connectivity index (χ2n) is 16.0. The molecule has 13 aromatic rings. The lowest BCUT2D eigenvalue weighted by Gasteiger charge is -2.13. The van der Waals surface area contributed by atoms with Crippen LogP contribution in [0.2, 0.25) is 0 Å². The molecule has 0 unspecified atom stereocenters. The smallest absolute Gasteiger partial charge is 0.160 e. The molecule has 0 aliphatic heterocycles. The minimum absolute atomic E-state index is 0.702. The highest BCUT2D eigenvalue weighted by molar-refractivity contribution is 7.25. The van der Waals surface area contributed by atoms with E-state index in [4.69, 9.17) is 15.0 Å². The van der Waals surface area contributed by atoms with Crippen molar-refractivity contribution in [2.75, 3.05) is 0 Å². The fourth-order valence-electron chi connectivity index (χ4n) is 9.46. The zero-order valence-electron chi connectivity index (χ0n) is 33.9. The summed E-state index contributed by atoms with van der Waals surface area (Å²) in [6, 6.07) is 73.7. The average molecular weight is 822 g/mol. The molecule has 0 saturated heterocycles. The van der Waals surface area contributed by atoms with E-state index < -0.39 is 0 Å². The van der Waals surface area contributed by atoms with Crippen LogP contribution in [-0.4, -0.2) is 24.1 Å². The summed E-state index contributed by atoms with van der Waals surface area (Å²) in [7, 11) is 0. The number of thiophene rings is 1. The van der Waals surface area contributed by atoms with Gasteiger partial charge in [-0.3, -0.25) is 4.98 Å². The van der Waals surface area contributed by atoms with Crippen LogP contribution in [-0.2, 0) is 0 Å². The van der Waals surface area contributed by atoms with Crippen LogP contribution in [0.25, 0.3) is 120 Å². The van der Waals surface area contributed by atoms with Crippen LogP contribution >= 0.6 is 11.3 Å². The fraction of sp³-hybridized carbons (Fsp3) is 0. The van der Waals surface area contributed by atoms with Crippen LogP contribution in [0, 0.1) is 0 Å². The average Bonchev–Trinajstić information content (AvgIpc) is 4.01. The Labute approximate surface area is 366 Å². The first kappa shape index (κ1) is 35.6. The standard InChI is InChI=1S/C57H35N5S/c1-3-13-36(14-4-1)48-35-49(60-57(59-48)37-15-5-2-6-16-37)40-17-11-18-41(31-40)62-50-21-9-7-19-43(50)45-27-24-39(33-53(45)62)38-25-28-52-46(32-38)44-20-8-10-22-51(44)61(52)42-26-29-54-47(34-42)56-55(63-54)23-12-30-58-56/h1-35H. The molecule has 0 atom stereocenters. The van der Waals surface area contributed by atoms with Crippen LogP contribution < -0.4 is 0 Å². The van der Waals surface area contributed by atoms with Crippen molar-refractivity contribution in [2.45, 2.75) is 0 Å². The second kappa shape index (κ2) is 14.2. The summed E-state index contributed by atoms with van der Waals surface area (Å²) in [4.78, 5) is 15.0. The molecule has 0 N–H and O–H groups in total. The lowest BCUT2D eigenvalue weighted by molar-refractivity contribution is 1.16. The van der Waals surface area contributed by atoms with Crippen LogP contribution in [0.5, 0.6) is 0 Å². The van der Waals surface area contributed by atoms with Gasteiger partial charge in [-0.1, -0.05) is 127 Å². The molecule has 6 heteroatoms. The number of nitrogens with zero attached hydrogens (tertiary/aromatic N) is 5. The lowest BCUT2D eigenvalue weighted by atomic mass is 10.0. The number of aromatic nitrogens is 5. The maximum Gasteiger partial charge on any atom is 0.160 e. The third-order valence-corrected chi connectivity index (χ3v) is 13.5. The molecule has 0 saturated carbocycles. The van der Waals surface area contributed by atoms with Crippen molar-refractivity contribution in [3.05, 3.63) is 212 Å². The SMILES string of the molecule is c1ccc(-c2cc(-c3cccc(-n4c5ccccc5c5ccc(-c6ccc7c(c6)c6ccccc6n7-c6ccc7sc8cccnc8c7c6)cc54)c3)nc(-c3ccccc3)n2)cc1. The number of rotatable bonds is 6. The zero-order chi connectivity index (χ0) is 41.4. The Hall–Kier alpha value is -8.19. The summed E-state index contributed by atoms with van der Waals surface area (Å²) in [5.74, 6) is 0.702. The summed E-state index contributed by atoms with van der Waals surface area (Å²) in [5.41, 5.74) is 15.1. The highest BCUT2D eigenvalue weighted by Gasteiger charge is 2.18. The van der Waals surface area contributed by atoms with Crippen molar-refractivity contribution in [2.24, 2.45) is 0 Å². The quantitative estimate of drug-likeness (QED) is 0.168. The van der Waals surface area contributed by atoms with Gasteiger partial charge < -0.3 is 9.13 Å². The van der Waals surface area contributed by atoms with E-state index >= 15 is 0 Å². The fourth-order valence-corrected chi connectivity index (χ4v) is 10.5. The van der Waals surface area contributed by atoms with Crippen molar-refractivity contribution in [3.8, 4) is 56.4 Å². The molecule has 13 rings (SSSR count). The van der Waals surface area contributed by atoms with Gasteiger partial charge in [0.25, 0.3) is 0 Å². The number of hydrogen-bond donors (Lipinski definition) is 0. The van der Waals surface area contributed by atoms with Gasteiger partial charge in [-0.15, -0.1) is 11.3 Å². The van der Waals surface area contributed by atoms with Gasteiger partial charge >= 0.3 is 0 Å². The van der Waals surface area contributed by atoms with E-state index in [1.165, 1.54) is 52.9 Å². The molecule has 0 bridgehead atoms. The van der Waals surface area contributed by atoms with Gasteiger partial charge in [-0.25, -0.2) is 9.97 Å². The van der Waals surface area contributed by atoms with Crippen molar-refractivity contribution in [3.63, 3.8) is 0 Å². The molecular weight excluding hydrogens is 787 g/mol. The Balaban J connectivity index is 0.956. The van der Waals surface area contributed by atoms with Crippen molar-refractivity contribution in [1.29, 1.82) is 0 Å². The van der Waals surface area contributed by atoms with Crippen LogP contribution in [0.15, 0.2) is 212 Å². The first-order valence-corrected chi connectivity index (χ1v) is 22.0. The molecule has 0 aliphatic rings. The maximum atomic E-state index is 5.17. The number of fused-ring (bicyclic) bond motifs is 9. The molecule has 63 heavy (non-hydrogen) atoms. The summed E-state index contributed by atoms with van der Waals surface area (Å²) < 4.78 is 7.26. The zero-order valence-corrected chi connectivity index (χ0v) is 34.7. The lowest BCUT2D eigenvalue weighted by Crippen LogP contribution is -1.98. The monoisotopic (exact) mass is 821 g/mol. The molecular formula is C57H35N5S. The van der Waals surface area contributed by atoms with E-state index in [1.807, 2.05) is 36.5 Å². The summed E-state index contributed by atoms with van der Waals surface area (Å²) in [6.07, 6.45) is 1.89. The highest BCUT2D eigenvalue weighted by atomic mass is 32.1. The van der Waals surface area contributed by atoms with Gasteiger partial charge in [-0.2, -0.15) is 0 Å². The third-order valence-electron chi connectivity index (χ3n) is 12.4. The van der Waals surface area contributed by atoms with Crippen LogP contribution in [0.3, 0.4) is 0 Å². The largest absolute Gasteiger partial charge is 0.309 e. The van der Waals surface area contributed by atoms with E-state index in [-0.39, 0.29) is 0 Å². The second-order valence-corrected chi connectivity index (χ2v) is 17.1. The normalized spacial score (nSPS) is 11.8. The first-order valence-electron chi connectivity index (χ1n) is 21.2. The predicted molar refractivity (Wildman–Crippen MR) is 263 cm³/mol. The molecule has 8 aromatic carbocycles. The summed E-state index contributed by atoms with van der Waals surface area (Å²) >= 11 is 1.80. The van der Waals surface area contributed by atoms with E-state index in [0.29, 0.717) is 5.82 Å². The van der Waals surface area contributed by atoms with Crippen molar-refractivity contribution in [1.82, 2.24) is 24.1 Å². The number of para-hydroxylation sites is 2. The minimum atomic E-state index is 0.702. The number of benzene rings is 8. The maximum absolute atomic E-state index is 5.17. The van der Waals surface area contributed by atoms with Gasteiger partial charge in [-0.05, 0) is 90.0 Å². The van der Waals surface area contributed by atoms with Gasteiger partial charge in [0.05, 0.1) is 43.7 Å².